The van der Waals surface area contributed by atoms with Crippen molar-refractivity contribution >= 4 is 23.3 Å². The predicted molar refractivity (Wildman–Crippen MR) is 115 cm³/mol. The zero-order valence-corrected chi connectivity index (χ0v) is 17.3. The Kier molecular flexibility index (Phi) is 5.59. The van der Waals surface area contributed by atoms with Crippen LogP contribution in [-0.4, -0.2) is 36.0 Å². The molecule has 1 fully saturated rings. The standard InChI is InChI=1S/C24H19FN2O5/c1-31-17-11-8-15(13-18(17)32-2)21-20(22(28)14-6-9-16(25)10-7-14)23(29)24(30)27(21)19-5-3-4-12-26-19/h3-13,21,28H,1-2H3/b22-20+. The van der Waals surface area contributed by atoms with Gasteiger partial charge in [-0.15, -0.1) is 0 Å². The Labute approximate surface area is 183 Å². The molecule has 7 nitrogen and oxygen atoms in total. The van der Waals surface area contributed by atoms with Gasteiger partial charge in [-0.3, -0.25) is 14.5 Å². The third-order valence-corrected chi connectivity index (χ3v) is 5.18. The molecule has 1 saturated heterocycles. The van der Waals surface area contributed by atoms with Gasteiger partial charge in [-0.25, -0.2) is 9.37 Å². The lowest BCUT2D eigenvalue weighted by Crippen LogP contribution is -2.30. The number of carbonyl (C=O) groups is 2. The molecule has 0 bridgehead atoms. The van der Waals surface area contributed by atoms with Gasteiger partial charge in [-0.05, 0) is 54.1 Å². The lowest BCUT2D eigenvalue weighted by Gasteiger charge is -2.25. The lowest BCUT2D eigenvalue weighted by molar-refractivity contribution is -0.132. The Hall–Kier alpha value is -4.20. The van der Waals surface area contributed by atoms with E-state index in [1.54, 1.807) is 36.4 Å². The van der Waals surface area contributed by atoms with Crippen molar-refractivity contribution in [2.75, 3.05) is 19.1 Å². The van der Waals surface area contributed by atoms with Crippen LogP contribution < -0.4 is 14.4 Å². The highest BCUT2D eigenvalue weighted by atomic mass is 19.1. The molecule has 0 radical (unpaired) electrons. The number of aromatic nitrogens is 1. The molecule has 1 unspecified atom stereocenters. The van der Waals surface area contributed by atoms with Crippen LogP contribution in [0.25, 0.3) is 5.76 Å². The summed E-state index contributed by atoms with van der Waals surface area (Å²) in [6.45, 7) is 0. The number of hydrogen-bond acceptors (Lipinski definition) is 6. The van der Waals surface area contributed by atoms with Crippen LogP contribution >= 0.6 is 0 Å². The van der Waals surface area contributed by atoms with Crippen LogP contribution in [0.2, 0.25) is 0 Å². The molecule has 0 saturated carbocycles. The number of methoxy groups -OCH3 is 2. The van der Waals surface area contributed by atoms with Crippen molar-refractivity contribution in [1.82, 2.24) is 4.98 Å². The molecule has 1 amide bonds. The number of carbonyl (C=O) groups excluding carboxylic acids is 2. The van der Waals surface area contributed by atoms with E-state index in [1.807, 2.05) is 0 Å². The summed E-state index contributed by atoms with van der Waals surface area (Å²) in [5.41, 5.74) is 0.562. The monoisotopic (exact) mass is 434 g/mol. The number of rotatable bonds is 5. The summed E-state index contributed by atoms with van der Waals surface area (Å²) in [5.74, 6) is -1.53. The summed E-state index contributed by atoms with van der Waals surface area (Å²) in [6, 6.07) is 13.9. The molecule has 1 aliphatic rings. The van der Waals surface area contributed by atoms with Gasteiger partial charge in [0, 0.05) is 11.8 Å². The fourth-order valence-corrected chi connectivity index (χ4v) is 3.67. The number of ketones is 1. The maximum Gasteiger partial charge on any atom is 0.301 e. The van der Waals surface area contributed by atoms with Crippen LogP contribution in [0.4, 0.5) is 10.2 Å². The Morgan fingerprint density at radius 3 is 2.34 bits per heavy atom. The minimum atomic E-state index is -0.991. The van der Waals surface area contributed by atoms with Crippen LogP contribution in [0.3, 0.4) is 0 Å². The maximum absolute atomic E-state index is 13.4. The van der Waals surface area contributed by atoms with E-state index in [0.717, 1.165) is 12.1 Å². The van der Waals surface area contributed by atoms with Crippen LogP contribution in [0.5, 0.6) is 11.5 Å². The van der Waals surface area contributed by atoms with E-state index in [-0.39, 0.29) is 17.0 Å². The van der Waals surface area contributed by atoms with E-state index < -0.39 is 29.3 Å². The minimum absolute atomic E-state index is 0.139. The van der Waals surface area contributed by atoms with Gasteiger partial charge in [0.2, 0.25) is 0 Å². The first-order valence-corrected chi connectivity index (χ1v) is 9.66. The first kappa shape index (κ1) is 21.0. The summed E-state index contributed by atoms with van der Waals surface area (Å²) in [7, 11) is 2.96. The fourth-order valence-electron chi connectivity index (χ4n) is 3.67. The normalized spacial score (nSPS) is 17.5. The molecular weight excluding hydrogens is 415 g/mol. The van der Waals surface area contributed by atoms with E-state index in [9.17, 15) is 19.1 Å². The van der Waals surface area contributed by atoms with Gasteiger partial charge in [-0.1, -0.05) is 12.1 Å². The first-order chi connectivity index (χ1) is 15.5. The number of pyridine rings is 1. The molecule has 2 heterocycles. The van der Waals surface area contributed by atoms with Gasteiger partial charge in [0.05, 0.1) is 25.8 Å². The average molecular weight is 434 g/mol. The second kappa shape index (κ2) is 8.50. The van der Waals surface area contributed by atoms with Crippen molar-refractivity contribution in [3.05, 3.63) is 89.4 Å². The highest BCUT2D eigenvalue weighted by Gasteiger charge is 2.47. The molecule has 0 aliphatic carbocycles. The third-order valence-electron chi connectivity index (χ3n) is 5.18. The van der Waals surface area contributed by atoms with Gasteiger partial charge in [0.1, 0.15) is 17.4 Å². The summed E-state index contributed by atoms with van der Waals surface area (Å²) in [4.78, 5) is 31.5. The number of ether oxygens (including phenoxy) is 2. The van der Waals surface area contributed by atoms with Crippen LogP contribution in [-0.2, 0) is 9.59 Å². The fraction of sp³-hybridized carbons (Fsp3) is 0.125. The topological polar surface area (TPSA) is 89.0 Å². The number of aliphatic hydroxyl groups is 1. The Morgan fingerprint density at radius 2 is 1.72 bits per heavy atom. The lowest BCUT2D eigenvalue weighted by atomic mass is 9.95. The third kappa shape index (κ3) is 3.56. The van der Waals surface area contributed by atoms with Crippen LogP contribution in [0.1, 0.15) is 17.2 Å². The van der Waals surface area contributed by atoms with E-state index in [4.69, 9.17) is 9.47 Å². The van der Waals surface area contributed by atoms with Crippen molar-refractivity contribution in [2.45, 2.75) is 6.04 Å². The molecule has 1 N–H and O–H groups in total. The minimum Gasteiger partial charge on any atom is -0.507 e. The number of hydrogen-bond donors (Lipinski definition) is 1. The van der Waals surface area contributed by atoms with Crippen molar-refractivity contribution in [2.24, 2.45) is 0 Å². The van der Waals surface area contributed by atoms with Gasteiger partial charge in [0.15, 0.2) is 11.5 Å². The molecular formula is C24H19FN2O5. The average Bonchev–Trinajstić information content (AvgIpc) is 3.09. The van der Waals surface area contributed by atoms with Gasteiger partial charge in [0.25, 0.3) is 5.78 Å². The Bertz CT molecular complexity index is 1210. The molecule has 1 aromatic heterocycles. The highest BCUT2D eigenvalue weighted by Crippen LogP contribution is 2.43. The van der Waals surface area contributed by atoms with E-state index in [1.165, 1.54) is 37.4 Å². The van der Waals surface area contributed by atoms with Gasteiger partial charge >= 0.3 is 5.91 Å². The summed E-state index contributed by atoms with van der Waals surface area (Å²) in [5, 5.41) is 11.0. The van der Waals surface area contributed by atoms with Crippen molar-refractivity contribution in [1.29, 1.82) is 0 Å². The van der Waals surface area contributed by atoms with Crippen LogP contribution in [0, 0.1) is 5.82 Å². The Balaban J connectivity index is 1.96. The summed E-state index contributed by atoms with van der Waals surface area (Å²) in [6.07, 6.45) is 1.50. The quantitative estimate of drug-likeness (QED) is 0.373. The second-order valence-electron chi connectivity index (χ2n) is 6.98. The molecule has 162 valence electrons. The largest absolute Gasteiger partial charge is 0.507 e. The number of nitrogens with zero attached hydrogens (tertiary/aromatic N) is 2. The number of halogens is 1. The highest BCUT2D eigenvalue weighted by molar-refractivity contribution is 6.51. The number of aliphatic hydroxyl groups excluding tert-OH is 1. The van der Waals surface area contributed by atoms with Crippen molar-refractivity contribution in [3.8, 4) is 11.5 Å². The van der Waals surface area contributed by atoms with Crippen LogP contribution in [0.15, 0.2) is 72.4 Å². The number of amides is 1. The predicted octanol–water partition coefficient (Wildman–Crippen LogP) is 3.86. The molecule has 0 spiro atoms. The van der Waals surface area contributed by atoms with E-state index in [2.05, 4.69) is 4.98 Å². The maximum atomic E-state index is 13.4. The molecule has 2 aromatic carbocycles. The smallest absolute Gasteiger partial charge is 0.301 e. The zero-order chi connectivity index (χ0) is 22.8. The van der Waals surface area contributed by atoms with Crippen molar-refractivity contribution in [3.63, 3.8) is 0 Å². The number of anilines is 1. The Morgan fingerprint density at radius 1 is 1.00 bits per heavy atom. The molecule has 3 aromatic rings. The van der Waals surface area contributed by atoms with E-state index >= 15 is 0 Å². The molecule has 1 aliphatic heterocycles. The van der Waals surface area contributed by atoms with Gasteiger partial charge in [-0.2, -0.15) is 0 Å². The van der Waals surface area contributed by atoms with Crippen molar-refractivity contribution < 1.29 is 28.6 Å². The molecule has 8 heteroatoms. The molecule has 32 heavy (non-hydrogen) atoms. The number of Topliss-reactive ketones (excluding diaryl/α,β-unsaturated/α-hetero) is 1. The SMILES string of the molecule is COc1ccc(C2/C(=C(\O)c3ccc(F)cc3)C(=O)C(=O)N2c2ccccn2)cc1OC. The zero-order valence-electron chi connectivity index (χ0n) is 17.3. The second-order valence-corrected chi connectivity index (χ2v) is 6.98. The van der Waals surface area contributed by atoms with E-state index in [0.29, 0.717) is 17.1 Å². The summed E-state index contributed by atoms with van der Waals surface area (Å²) < 4.78 is 24.0. The molecule has 1 atom stereocenters. The first-order valence-electron chi connectivity index (χ1n) is 9.66. The number of benzene rings is 2. The van der Waals surface area contributed by atoms with Gasteiger partial charge < -0.3 is 14.6 Å². The molecule has 4 rings (SSSR count). The summed E-state index contributed by atoms with van der Waals surface area (Å²) >= 11 is 0.